The molecule has 25 heavy (non-hydrogen) atoms. The van der Waals surface area contributed by atoms with Crippen molar-refractivity contribution in [3.8, 4) is 0 Å². The molecule has 0 saturated carbocycles. The van der Waals surface area contributed by atoms with Crippen molar-refractivity contribution in [3.63, 3.8) is 0 Å². The Morgan fingerprint density at radius 2 is 1.80 bits per heavy atom. The Morgan fingerprint density at radius 3 is 2.36 bits per heavy atom. The summed E-state index contributed by atoms with van der Waals surface area (Å²) in [4.78, 5) is 20.7. The van der Waals surface area contributed by atoms with Crippen LogP contribution in [0.25, 0.3) is 0 Å². The van der Waals surface area contributed by atoms with E-state index in [1.165, 1.54) is 0 Å². The van der Waals surface area contributed by atoms with Gasteiger partial charge >= 0.3 is 0 Å². The van der Waals surface area contributed by atoms with Crippen molar-refractivity contribution in [2.45, 2.75) is 33.9 Å². The molecule has 1 N–H and O–H groups in total. The van der Waals surface area contributed by atoms with Gasteiger partial charge in [-0.3, -0.25) is 4.79 Å². The second-order valence-electron chi connectivity index (χ2n) is 5.79. The van der Waals surface area contributed by atoms with Crippen molar-refractivity contribution >= 4 is 11.9 Å². The monoisotopic (exact) mass is 348 g/mol. The van der Waals surface area contributed by atoms with E-state index in [2.05, 4.69) is 17.4 Å². The predicted molar refractivity (Wildman–Crippen MR) is 103 cm³/mol. The third kappa shape index (κ3) is 6.74. The maximum atomic E-state index is 12.3. The lowest BCUT2D eigenvalue weighted by atomic mass is 10.1. The highest BCUT2D eigenvalue weighted by atomic mass is 16.5. The van der Waals surface area contributed by atoms with E-state index in [1.54, 1.807) is 7.11 Å². The van der Waals surface area contributed by atoms with Crippen LogP contribution >= 0.6 is 0 Å². The molecule has 0 heterocycles. The lowest BCUT2D eigenvalue weighted by Gasteiger charge is -2.25. The standard InChI is InChI=1S/C19H32N4O2/c1-6-20-19(22(4)14-18(24)23(7-2)8-3)21-13-16-11-9-10-12-17(16)15-25-5/h9-12H,6-8,13-15H2,1-5H3,(H,20,21). The maximum absolute atomic E-state index is 12.3. The number of methoxy groups -OCH3 is 1. The molecule has 1 rings (SSSR count). The predicted octanol–water partition coefficient (Wildman–Crippen LogP) is 2.10. The SMILES string of the molecule is CCNC(=NCc1ccccc1COC)N(C)CC(=O)N(CC)CC. The molecule has 0 atom stereocenters. The van der Waals surface area contributed by atoms with Crippen LogP contribution in [-0.2, 0) is 22.7 Å². The summed E-state index contributed by atoms with van der Waals surface area (Å²) < 4.78 is 5.25. The van der Waals surface area contributed by atoms with E-state index < -0.39 is 0 Å². The van der Waals surface area contributed by atoms with Gasteiger partial charge < -0.3 is 19.9 Å². The van der Waals surface area contributed by atoms with E-state index in [-0.39, 0.29) is 5.91 Å². The lowest BCUT2D eigenvalue weighted by Crippen LogP contribution is -2.45. The van der Waals surface area contributed by atoms with Crippen LogP contribution in [0.15, 0.2) is 29.3 Å². The minimum absolute atomic E-state index is 0.109. The van der Waals surface area contributed by atoms with Crippen LogP contribution in [0, 0.1) is 0 Å². The molecule has 0 aliphatic rings. The largest absolute Gasteiger partial charge is 0.380 e. The number of guanidine groups is 1. The number of carbonyl (C=O) groups excluding carboxylic acids is 1. The molecule has 0 fully saturated rings. The van der Waals surface area contributed by atoms with E-state index in [4.69, 9.17) is 9.73 Å². The number of nitrogens with one attached hydrogen (secondary N) is 1. The highest BCUT2D eigenvalue weighted by molar-refractivity contribution is 5.86. The van der Waals surface area contributed by atoms with Crippen LogP contribution in [0.1, 0.15) is 31.9 Å². The van der Waals surface area contributed by atoms with Gasteiger partial charge in [-0.05, 0) is 31.9 Å². The topological polar surface area (TPSA) is 57.2 Å². The summed E-state index contributed by atoms with van der Waals surface area (Å²) in [6.07, 6.45) is 0. The highest BCUT2D eigenvalue weighted by Crippen LogP contribution is 2.11. The summed E-state index contributed by atoms with van der Waals surface area (Å²) in [5, 5.41) is 3.26. The van der Waals surface area contributed by atoms with Crippen LogP contribution in [0.4, 0.5) is 0 Å². The minimum atomic E-state index is 0.109. The summed E-state index contributed by atoms with van der Waals surface area (Å²) in [6.45, 7) is 9.64. The molecule has 0 aliphatic carbocycles. The van der Waals surface area contributed by atoms with Crippen LogP contribution in [0.3, 0.4) is 0 Å². The molecule has 0 radical (unpaired) electrons. The number of benzene rings is 1. The first-order valence-electron chi connectivity index (χ1n) is 8.90. The van der Waals surface area contributed by atoms with Crippen molar-refractivity contribution in [1.29, 1.82) is 0 Å². The molecule has 0 aliphatic heterocycles. The molecule has 140 valence electrons. The smallest absolute Gasteiger partial charge is 0.242 e. The lowest BCUT2D eigenvalue weighted by molar-refractivity contribution is -0.131. The molecule has 1 aromatic carbocycles. The average molecular weight is 348 g/mol. The van der Waals surface area contributed by atoms with Gasteiger partial charge in [0.05, 0.1) is 19.7 Å². The highest BCUT2D eigenvalue weighted by Gasteiger charge is 2.15. The number of rotatable bonds is 9. The van der Waals surface area contributed by atoms with Gasteiger partial charge in [-0.25, -0.2) is 4.99 Å². The summed E-state index contributed by atoms with van der Waals surface area (Å²) in [5.74, 6) is 0.841. The molecule has 1 aromatic rings. The van der Waals surface area contributed by atoms with Crippen LogP contribution in [0.2, 0.25) is 0 Å². The van der Waals surface area contributed by atoms with Crippen LogP contribution < -0.4 is 5.32 Å². The second kappa shape index (κ2) is 11.5. The van der Waals surface area contributed by atoms with Crippen molar-refractivity contribution in [1.82, 2.24) is 15.1 Å². The number of hydrogen-bond donors (Lipinski definition) is 1. The zero-order chi connectivity index (χ0) is 18.7. The van der Waals surface area contributed by atoms with Gasteiger partial charge in [-0.1, -0.05) is 24.3 Å². The Labute approximate surface area is 151 Å². The third-order valence-corrected chi connectivity index (χ3v) is 4.00. The van der Waals surface area contributed by atoms with E-state index in [9.17, 15) is 4.79 Å². The fourth-order valence-corrected chi connectivity index (χ4v) is 2.59. The van der Waals surface area contributed by atoms with Crippen LogP contribution in [-0.4, -0.2) is 62.0 Å². The van der Waals surface area contributed by atoms with Crippen molar-refractivity contribution < 1.29 is 9.53 Å². The normalized spacial score (nSPS) is 11.3. The molecular formula is C19H32N4O2. The number of nitrogens with zero attached hydrogens (tertiary/aromatic N) is 3. The third-order valence-electron chi connectivity index (χ3n) is 4.00. The number of likely N-dealkylation sites (N-methyl/N-ethyl adjacent to an activating group) is 2. The maximum Gasteiger partial charge on any atom is 0.242 e. The first kappa shape index (κ1) is 21.0. The van der Waals surface area contributed by atoms with E-state index in [0.29, 0.717) is 19.7 Å². The Hall–Kier alpha value is -2.08. The van der Waals surface area contributed by atoms with Gasteiger partial charge in [-0.2, -0.15) is 0 Å². The van der Waals surface area contributed by atoms with E-state index >= 15 is 0 Å². The molecule has 0 aromatic heterocycles. The fourth-order valence-electron chi connectivity index (χ4n) is 2.59. The molecule has 0 bridgehead atoms. The summed E-state index contributed by atoms with van der Waals surface area (Å²) in [6, 6.07) is 8.11. The number of aliphatic imine (C=N–C) groups is 1. The van der Waals surface area contributed by atoms with Crippen molar-refractivity contribution in [2.75, 3.05) is 40.3 Å². The fraction of sp³-hybridized carbons (Fsp3) is 0.579. The molecule has 0 unspecified atom stereocenters. The van der Waals surface area contributed by atoms with Gasteiger partial charge in [0, 0.05) is 33.8 Å². The zero-order valence-electron chi connectivity index (χ0n) is 16.2. The number of ether oxygens (including phenoxy) is 1. The quantitative estimate of drug-likeness (QED) is 0.548. The van der Waals surface area contributed by atoms with Crippen molar-refractivity contribution in [3.05, 3.63) is 35.4 Å². The Bertz CT molecular complexity index is 556. The van der Waals surface area contributed by atoms with E-state index in [1.807, 2.05) is 49.8 Å². The number of carbonyl (C=O) groups is 1. The molecular weight excluding hydrogens is 316 g/mol. The first-order valence-corrected chi connectivity index (χ1v) is 8.90. The van der Waals surface area contributed by atoms with Gasteiger partial charge in [-0.15, -0.1) is 0 Å². The van der Waals surface area contributed by atoms with Gasteiger partial charge in [0.1, 0.15) is 0 Å². The molecule has 0 saturated heterocycles. The van der Waals surface area contributed by atoms with Gasteiger partial charge in [0.15, 0.2) is 5.96 Å². The Kier molecular flexibility index (Phi) is 9.62. The molecule has 6 nitrogen and oxygen atoms in total. The van der Waals surface area contributed by atoms with Crippen molar-refractivity contribution in [2.24, 2.45) is 4.99 Å². The zero-order valence-corrected chi connectivity index (χ0v) is 16.2. The van der Waals surface area contributed by atoms with Crippen LogP contribution in [0.5, 0.6) is 0 Å². The van der Waals surface area contributed by atoms with Gasteiger partial charge in [0.25, 0.3) is 0 Å². The Morgan fingerprint density at radius 1 is 1.16 bits per heavy atom. The average Bonchev–Trinajstić information content (AvgIpc) is 2.61. The molecule has 6 heteroatoms. The Balaban J connectivity index is 2.84. The van der Waals surface area contributed by atoms with E-state index in [0.717, 1.165) is 36.7 Å². The van der Waals surface area contributed by atoms with Gasteiger partial charge in [0.2, 0.25) is 5.91 Å². The first-order chi connectivity index (χ1) is 12.1. The number of amides is 1. The summed E-state index contributed by atoms with van der Waals surface area (Å²) in [5.41, 5.74) is 2.26. The molecule has 0 spiro atoms. The minimum Gasteiger partial charge on any atom is -0.380 e. The summed E-state index contributed by atoms with van der Waals surface area (Å²) in [7, 11) is 3.58. The molecule has 1 amide bonds. The summed E-state index contributed by atoms with van der Waals surface area (Å²) >= 11 is 0. The number of hydrogen-bond acceptors (Lipinski definition) is 3. The second-order valence-corrected chi connectivity index (χ2v) is 5.79.